The Morgan fingerprint density at radius 2 is 1.73 bits per heavy atom. The van der Waals surface area contributed by atoms with Crippen molar-refractivity contribution in [3.05, 3.63) is 48.0 Å². The van der Waals surface area contributed by atoms with E-state index in [0.29, 0.717) is 12.5 Å². The van der Waals surface area contributed by atoms with Crippen molar-refractivity contribution in [2.24, 2.45) is 0 Å². The summed E-state index contributed by atoms with van der Waals surface area (Å²) in [5.74, 6) is -1.47. The van der Waals surface area contributed by atoms with E-state index >= 15 is 0 Å². The molecule has 0 aromatic heterocycles. The molecule has 0 aliphatic carbocycles. The molecule has 1 atom stereocenters. The number of carbonyl (C=O) groups excluding carboxylic acids is 1. The van der Waals surface area contributed by atoms with Crippen LogP contribution in [0.15, 0.2) is 42.5 Å². The van der Waals surface area contributed by atoms with Gasteiger partial charge in [-0.3, -0.25) is 0 Å². The van der Waals surface area contributed by atoms with Gasteiger partial charge >= 0.3 is 12.1 Å². The fourth-order valence-electron chi connectivity index (χ4n) is 2.09. The van der Waals surface area contributed by atoms with Crippen LogP contribution in [0, 0.1) is 0 Å². The topological polar surface area (TPSA) is 35.5 Å². The molecule has 0 saturated carbocycles. The van der Waals surface area contributed by atoms with Crippen molar-refractivity contribution >= 4 is 16.7 Å². The lowest BCUT2D eigenvalue weighted by Crippen LogP contribution is -2.52. The normalized spacial score (nSPS) is 14.6. The molecule has 2 aromatic carbocycles. The summed E-state index contributed by atoms with van der Waals surface area (Å²) >= 11 is 0. The zero-order valence-electron chi connectivity index (χ0n) is 12.1. The first-order valence-electron chi connectivity index (χ1n) is 6.55. The van der Waals surface area contributed by atoms with E-state index in [-0.39, 0.29) is 6.61 Å². The Kier molecular flexibility index (Phi) is 4.42. The van der Waals surface area contributed by atoms with E-state index in [0.717, 1.165) is 17.9 Å². The van der Waals surface area contributed by atoms with Crippen molar-refractivity contribution in [3.63, 3.8) is 0 Å². The van der Waals surface area contributed by atoms with Crippen molar-refractivity contribution in [1.82, 2.24) is 0 Å². The van der Waals surface area contributed by atoms with E-state index in [2.05, 4.69) is 4.74 Å². The van der Waals surface area contributed by atoms with Gasteiger partial charge in [0.05, 0.1) is 13.7 Å². The average Bonchev–Trinajstić information content (AvgIpc) is 2.50. The number of benzene rings is 2. The Balaban J connectivity index is 2.31. The van der Waals surface area contributed by atoms with E-state index in [1.54, 1.807) is 24.3 Å². The Morgan fingerprint density at radius 3 is 2.36 bits per heavy atom. The van der Waals surface area contributed by atoms with Gasteiger partial charge in [-0.25, -0.2) is 4.79 Å². The Hall–Kier alpha value is -2.08. The molecule has 3 nitrogen and oxygen atoms in total. The number of esters is 1. The number of hydrogen-bond acceptors (Lipinski definition) is 3. The van der Waals surface area contributed by atoms with Gasteiger partial charge in [-0.15, -0.1) is 0 Å². The molecule has 0 fully saturated rings. The van der Waals surface area contributed by atoms with Gasteiger partial charge in [0, 0.05) is 0 Å². The van der Waals surface area contributed by atoms with Gasteiger partial charge in [-0.1, -0.05) is 42.5 Å². The fourth-order valence-corrected chi connectivity index (χ4v) is 2.09. The molecule has 1 unspecified atom stereocenters. The van der Waals surface area contributed by atoms with Gasteiger partial charge in [0.1, 0.15) is 0 Å². The molecule has 0 radical (unpaired) electrons. The number of rotatable bonds is 4. The van der Waals surface area contributed by atoms with Crippen LogP contribution in [0.5, 0.6) is 0 Å². The second-order valence-electron chi connectivity index (χ2n) is 4.95. The lowest BCUT2D eigenvalue weighted by molar-refractivity contribution is -0.273. The lowest BCUT2D eigenvalue weighted by Gasteiger charge is -2.29. The highest BCUT2D eigenvalue weighted by Gasteiger charge is 2.59. The summed E-state index contributed by atoms with van der Waals surface area (Å²) in [6.07, 6.45) is -4.87. The molecular formula is C16H15F3O3. The predicted octanol–water partition coefficient (Wildman–Crippen LogP) is 3.85. The monoisotopic (exact) mass is 312 g/mol. The Morgan fingerprint density at radius 1 is 1.09 bits per heavy atom. The summed E-state index contributed by atoms with van der Waals surface area (Å²) in [4.78, 5) is 11.5. The first kappa shape index (κ1) is 16.3. The van der Waals surface area contributed by atoms with E-state index < -0.39 is 17.7 Å². The first-order valence-corrected chi connectivity index (χ1v) is 6.55. The van der Waals surface area contributed by atoms with E-state index in [1.165, 1.54) is 0 Å². The molecule has 118 valence electrons. The minimum Gasteiger partial charge on any atom is -0.467 e. The molecule has 0 amide bonds. The highest BCUT2D eigenvalue weighted by atomic mass is 19.4. The summed E-state index contributed by atoms with van der Waals surface area (Å²) in [6.45, 7) is 0.316. The van der Waals surface area contributed by atoms with Crippen LogP contribution in [0.1, 0.15) is 12.5 Å². The lowest BCUT2D eigenvalue weighted by atomic mass is 10.0. The Labute approximate surface area is 125 Å². The molecule has 6 heteroatoms. The first-order chi connectivity index (χ1) is 10.3. The van der Waals surface area contributed by atoms with Crippen LogP contribution in [-0.4, -0.2) is 24.9 Å². The summed E-state index contributed by atoms with van der Waals surface area (Å²) in [6, 6.07) is 12.5. The second-order valence-corrected chi connectivity index (χ2v) is 4.95. The van der Waals surface area contributed by atoms with Gasteiger partial charge in [0.15, 0.2) is 0 Å². The number of alkyl halides is 3. The van der Waals surface area contributed by atoms with Crippen LogP contribution in [0.2, 0.25) is 0 Å². The van der Waals surface area contributed by atoms with Crippen molar-refractivity contribution in [2.45, 2.75) is 25.3 Å². The summed E-state index contributed by atoms with van der Waals surface area (Å²) in [7, 11) is 0.896. The highest BCUT2D eigenvalue weighted by Crippen LogP contribution is 2.35. The van der Waals surface area contributed by atoms with Crippen molar-refractivity contribution < 1.29 is 27.4 Å². The summed E-state index contributed by atoms with van der Waals surface area (Å²) < 4.78 is 48.6. The average molecular weight is 312 g/mol. The maximum Gasteiger partial charge on any atom is 0.428 e. The largest absolute Gasteiger partial charge is 0.467 e. The number of carbonyl (C=O) groups is 1. The van der Waals surface area contributed by atoms with Gasteiger partial charge in [-0.2, -0.15) is 13.2 Å². The molecule has 0 aliphatic heterocycles. The van der Waals surface area contributed by atoms with Crippen LogP contribution in [-0.2, 0) is 20.9 Å². The summed E-state index contributed by atoms with van der Waals surface area (Å²) in [5, 5.41) is 1.66. The number of halogens is 3. The van der Waals surface area contributed by atoms with Crippen LogP contribution in [0.25, 0.3) is 10.8 Å². The van der Waals surface area contributed by atoms with Crippen LogP contribution < -0.4 is 0 Å². The molecule has 0 saturated heterocycles. The number of hydrogen-bond donors (Lipinski definition) is 0. The maximum atomic E-state index is 13.1. The fraction of sp³-hybridized carbons (Fsp3) is 0.312. The number of methoxy groups -OCH3 is 1. The highest BCUT2D eigenvalue weighted by molar-refractivity contribution is 5.85. The minimum absolute atomic E-state index is 0.355. The van der Waals surface area contributed by atoms with Gasteiger partial charge in [0.2, 0.25) is 0 Å². The maximum absolute atomic E-state index is 13.1. The molecule has 22 heavy (non-hydrogen) atoms. The third-order valence-corrected chi connectivity index (χ3v) is 3.51. The second kappa shape index (κ2) is 5.96. The van der Waals surface area contributed by atoms with E-state index in [9.17, 15) is 18.0 Å². The molecule has 0 bridgehead atoms. The quantitative estimate of drug-likeness (QED) is 0.804. The molecule has 0 heterocycles. The van der Waals surface area contributed by atoms with Crippen LogP contribution >= 0.6 is 0 Å². The number of fused-ring (bicyclic) bond motifs is 1. The minimum atomic E-state index is -4.87. The standard InChI is InChI=1S/C16H15F3O3/c1-15(14(20)21-2,16(17,18)19)22-10-12-8-5-7-11-6-3-4-9-13(11)12/h3-9H,10H2,1-2H3. The molecular weight excluding hydrogens is 297 g/mol. The van der Waals surface area contributed by atoms with Gasteiger partial charge < -0.3 is 9.47 Å². The van der Waals surface area contributed by atoms with E-state index in [1.807, 2.05) is 18.2 Å². The van der Waals surface area contributed by atoms with Gasteiger partial charge in [0.25, 0.3) is 5.60 Å². The smallest absolute Gasteiger partial charge is 0.428 e. The van der Waals surface area contributed by atoms with Crippen molar-refractivity contribution in [3.8, 4) is 0 Å². The van der Waals surface area contributed by atoms with Crippen LogP contribution in [0.4, 0.5) is 13.2 Å². The van der Waals surface area contributed by atoms with E-state index in [4.69, 9.17) is 4.74 Å². The molecule has 2 rings (SSSR count). The zero-order valence-corrected chi connectivity index (χ0v) is 12.1. The Bertz CT molecular complexity index is 676. The molecule has 0 spiro atoms. The SMILES string of the molecule is COC(=O)C(C)(OCc1cccc2ccccc12)C(F)(F)F. The molecule has 2 aromatic rings. The zero-order chi connectivity index (χ0) is 16.4. The van der Waals surface area contributed by atoms with Crippen molar-refractivity contribution in [1.29, 1.82) is 0 Å². The third kappa shape index (κ3) is 2.92. The van der Waals surface area contributed by atoms with Gasteiger partial charge in [-0.05, 0) is 23.3 Å². The number of ether oxygens (including phenoxy) is 2. The van der Waals surface area contributed by atoms with Crippen LogP contribution in [0.3, 0.4) is 0 Å². The third-order valence-electron chi connectivity index (χ3n) is 3.51. The van der Waals surface area contributed by atoms with Crippen molar-refractivity contribution in [2.75, 3.05) is 7.11 Å². The summed E-state index contributed by atoms with van der Waals surface area (Å²) in [5.41, 5.74) is -2.43. The predicted molar refractivity (Wildman–Crippen MR) is 75.2 cm³/mol. The molecule has 0 N–H and O–H groups in total. The molecule has 0 aliphatic rings.